The van der Waals surface area contributed by atoms with Gasteiger partial charge in [-0.3, -0.25) is 14.2 Å². The number of para-hydroxylation sites is 1. The Morgan fingerprint density at radius 3 is 2.67 bits per heavy atom. The minimum Gasteiger partial charge on any atom is -0.355 e. The van der Waals surface area contributed by atoms with Crippen LogP contribution in [0.4, 0.5) is 0 Å². The van der Waals surface area contributed by atoms with Gasteiger partial charge in [0.25, 0.3) is 5.56 Å². The number of fused-ring (bicyclic) bond motifs is 1. The molecule has 5 nitrogen and oxygen atoms in total. The highest BCUT2D eigenvalue weighted by molar-refractivity contribution is 7.99. The number of amides is 1. The van der Waals surface area contributed by atoms with E-state index in [9.17, 15) is 9.59 Å². The highest BCUT2D eigenvalue weighted by atomic mass is 32.2. The third kappa shape index (κ3) is 4.38. The summed E-state index contributed by atoms with van der Waals surface area (Å²) < 4.78 is 1.71. The van der Waals surface area contributed by atoms with E-state index in [2.05, 4.69) is 24.1 Å². The lowest BCUT2D eigenvalue weighted by Crippen LogP contribution is -2.30. The van der Waals surface area contributed by atoms with Gasteiger partial charge in [0, 0.05) is 12.6 Å². The second-order valence-electron chi connectivity index (χ2n) is 6.33. The lowest BCUT2D eigenvalue weighted by Gasteiger charge is -2.18. The summed E-state index contributed by atoms with van der Waals surface area (Å²) in [4.78, 5) is 29.4. The molecule has 1 amide bonds. The Hall–Kier alpha value is -1.82. The molecule has 2 aromatic rings. The Morgan fingerprint density at radius 2 is 2.00 bits per heavy atom. The highest BCUT2D eigenvalue weighted by Gasteiger charge is 2.16. The number of thioether (sulfide) groups is 1. The fourth-order valence-corrected chi connectivity index (χ4v) is 3.22. The van der Waals surface area contributed by atoms with Crippen LogP contribution in [0.3, 0.4) is 0 Å². The van der Waals surface area contributed by atoms with Crippen LogP contribution in [0.2, 0.25) is 0 Å². The fraction of sp³-hybridized carbons (Fsp3) is 0.500. The third-order valence-corrected chi connectivity index (χ3v) is 4.80. The molecule has 0 saturated heterocycles. The molecule has 0 unspecified atom stereocenters. The second kappa shape index (κ2) is 8.33. The number of hydrogen-bond donors (Lipinski definition) is 1. The van der Waals surface area contributed by atoms with Crippen LogP contribution in [0.1, 0.15) is 40.2 Å². The molecule has 1 aromatic carbocycles. The van der Waals surface area contributed by atoms with Gasteiger partial charge in [0.15, 0.2) is 5.16 Å². The topological polar surface area (TPSA) is 64.0 Å². The van der Waals surface area contributed by atoms with Gasteiger partial charge < -0.3 is 5.32 Å². The van der Waals surface area contributed by atoms with Crippen molar-refractivity contribution in [3.8, 4) is 0 Å². The first-order chi connectivity index (χ1) is 11.4. The molecule has 130 valence electrons. The second-order valence-corrected chi connectivity index (χ2v) is 7.27. The third-order valence-electron chi connectivity index (χ3n) is 3.85. The molecular formula is C18H25N3O2S. The van der Waals surface area contributed by atoms with Gasteiger partial charge in [0.05, 0.1) is 16.7 Å². The van der Waals surface area contributed by atoms with Crippen molar-refractivity contribution in [3.05, 3.63) is 34.6 Å². The maximum Gasteiger partial charge on any atom is 0.262 e. The largest absolute Gasteiger partial charge is 0.355 e. The van der Waals surface area contributed by atoms with Crippen LogP contribution in [-0.2, 0) is 4.79 Å². The maximum absolute atomic E-state index is 12.8. The summed E-state index contributed by atoms with van der Waals surface area (Å²) in [6, 6.07) is 7.38. The van der Waals surface area contributed by atoms with Crippen molar-refractivity contribution in [2.24, 2.45) is 5.92 Å². The summed E-state index contributed by atoms with van der Waals surface area (Å²) in [5, 5.41) is 4.11. The minimum atomic E-state index is -0.0416. The van der Waals surface area contributed by atoms with Crippen molar-refractivity contribution in [1.29, 1.82) is 0 Å². The average molecular weight is 347 g/mol. The van der Waals surface area contributed by atoms with E-state index in [1.807, 2.05) is 32.0 Å². The molecule has 1 aromatic heterocycles. The summed E-state index contributed by atoms with van der Waals surface area (Å²) in [6.07, 6.45) is 0.826. The molecule has 0 aliphatic heterocycles. The van der Waals surface area contributed by atoms with Crippen LogP contribution < -0.4 is 10.9 Å². The summed E-state index contributed by atoms with van der Waals surface area (Å²) in [5.41, 5.74) is 0.632. The number of rotatable bonds is 7. The van der Waals surface area contributed by atoms with Crippen LogP contribution in [0.5, 0.6) is 0 Å². The monoisotopic (exact) mass is 347 g/mol. The Balaban J connectivity index is 2.30. The molecule has 0 saturated carbocycles. The Bertz CT molecular complexity index is 770. The minimum absolute atomic E-state index is 0.0354. The van der Waals surface area contributed by atoms with E-state index in [1.165, 1.54) is 11.8 Å². The zero-order valence-corrected chi connectivity index (χ0v) is 15.5. The number of hydrogen-bond acceptors (Lipinski definition) is 4. The molecule has 0 radical (unpaired) electrons. The number of benzene rings is 1. The predicted molar refractivity (Wildman–Crippen MR) is 99.6 cm³/mol. The number of nitrogens with one attached hydrogen (secondary N) is 1. The first-order valence-corrected chi connectivity index (χ1v) is 9.33. The molecule has 0 aliphatic carbocycles. The lowest BCUT2D eigenvalue weighted by atomic mass is 10.2. The average Bonchev–Trinajstić information content (AvgIpc) is 2.57. The first kappa shape index (κ1) is 18.5. The van der Waals surface area contributed by atoms with Crippen molar-refractivity contribution >= 4 is 28.6 Å². The van der Waals surface area contributed by atoms with E-state index >= 15 is 0 Å². The molecule has 0 bridgehead atoms. The van der Waals surface area contributed by atoms with Gasteiger partial charge in [-0.2, -0.15) is 0 Å². The van der Waals surface area contributed by atoms with E-state index in [-0.39, 0.29) is 23.3 Å². The molecule has 1 heterocycles. The Labute approximate surface area is 146 Å². The van der Waals surface area contributed by atoms with Gasteiger partial charge in [-0.25, -0.2) is 4.98 Å². The number of carbonyl (C=O) groups excluding carboxylic acids is 1. The van der Waals surface area contributed by atoms with Crippen molar-refractivity contribution in [3.63, 3.8) is 0 Å². The van der Waals surface area contributed by atoms with Crippen LogP contribution in [0.25, 0.3) is 10.9 Å². The zero-order valence-electron chi connectivity index (χ0n) is 14.7. The van der Waals surface area contributed by atoms with E-state index in [4.69, 9.17) is 0 Å². The molecule has 1 N–H and O–H groups in total. The van der Waals surface area contributed by atoms with E-state index in [0.717, 1.165) is 6.42 Å². The van der Waals surface area contributed by atoms with E-state index in [1.54, 1.807) is 10.6 Å². The summed E-state index contributed by atoms with van der Waals surface area (Å²) in [7, 11) is 0. The van der Waals surface area contributed by atoms with E-state index < -0.39 is 0 Å². The first-order valence-electron chi connectivity index (χ1n) is 8.34. The van der Waals surface area contributed by atoms with Crippen molar-refractivity contribution in [2.45, 2.75) is 45.3 Å². The molecule has 1 atom stereocenters. The smallest absolute Gasteiger partial charge is 0.262 e. The fourth-order valence-electron chi connectivity index (χ4n) is 2.30. The van der Waals surface area contributed by atoms with Crippen LogP contribution in [0.15, 0.2) is 34.2 Å². The van der Waals surface area contributed by atoms with Gasteiger partial charge >= 0.3 is 0 Å². The highest BCUT2D eigenvalue weighted by Crippen LogP contribution is 2.22. The van der Waals surface area contributed by atoms with Crippen LogP contribution >= 0.6 is 11.8 Å². The maximum atomic E-state index is 12.8. The molecule has 0 aliphatic rings. The van der Waals surface area contributed by atoms with Crippen LogP contribution in [0, 0.1) is 5.92 Å². The summed E-state index contributed by atoms with van der Waals surface area (Å²) in [5.74, 6) is 0.636. The molecule has 6 heteroatoms. The Kier molecular flexibility index (Phi) is 6.43. The number of aromatic nitrogens is 2. The predicted octanol–water partition coefficient (Wildman–Crippen LogP) is 3.23. The van der Waals surface area contributed by atoms with Crippen molar-refractivity contribution in [1.82, 2.24) is 14.9 Å². The quantitative estimate of drug-likeness (QED) is 0.617. The molecule has 0 fully saturated rings. The van der Waals surface area contributed by atoms with Crippen molar-refractivity contribution in [2.75, 3.05) is 12.3 Å². The van der Waals surface area contributed by atoms with Crippen LogP contribution in [-0.4, -0.2) is 27.8 Å². The molecule has 0 spiro atoms. The van der Waals surface area contributed by atoms with Gasteiger partial charge in [-0.05, 0) is 31.4 Å². The van der Waals surface area contributed by atoms with Gasteiger partial charge in [0.2, 0.25) is 5.91 Å². The summed E-state index contributed by atoms with van der Waals surface area (Å²) >= 11 is 1.32. The normalized spacial score (nSPS) is 12.5. The zero-order chi connectivity index (χ0) is 17.7. The molecule has 24 heavy (non-hydrogen) atoms. The molecular weight excluding hydrogens is 322 g/mol. The standard InChI is InChI=1S/C18H25N3O2S/c1-5-13(4)21-17(23)14-8-6-7-9-15(14)20-18(21)24-11-16(22)19-10-12(2)3/h6-9,12-13H,5,10-11H2,1-4H3,(H,19,22)/t13-/m0/s1. The van der Waals surface area contributed by atoms with Gasteiger partial charge in [-0.15, -0.1) is 0 Å². The van der Waals surface area contributed by atoms with Gasteiger partial charge in [0.1, 0.15) is 0 Å². The number of carbonyl (C=O) groups is 1. The van der Waals surface area contributed by atoms with E-state index in [0.29, 0.717) is 28.5 Å². The SMILES string of the molecule is CC[C@H](C)n1c(SCC(=O)NCC(C)C)nc2ccccc2c1=O. The number of nitrogens with zero attached hydrogens (tertiary/aromatic N) is 2. The lowest BCUT2D eigenvalue weighted by molar-refractivity contribution is -0.118. The summed E-state index contributed by atoms with van der Waals surface area (Å²) in [6.45, 7) is 8.80. The Morgan fingerprint density at radius 1 is 1.29 bits per heavy atom. The van der Waals surface area contributed by atoms with Crippen molar-refractivity contribution < 1.29 is 4.79 Å². The molecule has 2 rings (SSSR count). The van der Waals surface area contributed by atoms with Gasteiger partial charge in [-0.1, -0.05) is 44.7 Å².